The summed E-state index contributed by atoms with van der Waals surface area (Å²) >= 11 is 2.75. The van der Waals surface area contributed by atoms with Crippen LogP contribution in [-0.2, 0) is 0 Å². The second-order valence-electron chi connectivity index (χ2n) is 2.52. The van der Waals surface area contributed by atoms with Crippen molar-refractivity contribution in [2.45, 2.75) is 13.0 Å². The summed E-state index contributed by atoms with van der Waals surface area (Å²) in [6.07, 6.45) is 0. The Labute approximate surface area is 82.8 Å². The Bertz CT molecular complexity index is 379. The Morgan fingerprint density at radius 3 is 2.77 bits per heavy atom. The molecule has 0 amide bonds. The average molecular weight is 213 g/mol. The van der Waals surface area contributed by atoms with Gasteiger partial charge >= 0.3 is 0 Å². The molecule has 68 valence electrons. The lowest BCUT2D eigenvalue weighted by Gasteiger charge is -1.93. The first-order chi connectivity index (χ1) is 6.27. The lowest BCUT2D eigenvalue weighted by Crippen LogP contribution is -2.03. The first-order valence-corrected chi connectivity index (χ1v) is 5.29. The third-order valence-corrected chi connectivity index (χ3v) is 3.06. The molecule has 0 aliphatic rings. The van der Waals surface area contributed by atoms with Crippen LogP contribution in [0, 0.1) is 0 Å². The predicted molar refractivity (Wildman–Crippen MR) is 51.4 cm³/mol. The van der Waals surface area contributed by atoms with Crippen LogP contribution in [0.15, 0.2) is 5.38 Å². The summed E-state index contributed by atoms with van der Waals surface area (Å²) < 4.78 is 3.75. The van der Waals surface area contributed by atoms with E-state index < -0.39 is 0 Å². The molecule has 1 unspecified atom stereocenters. The molecule has 2 aromatic rings. The van der Waals surface area contributed by atoms with Gasteiger partial charge in [0, 0.05) is 5.38 Å². The van der Waals surface area contributed by atoms with Crippen LogP contribution in [0.1, 0.15) is 18.0 Å². The first kappa shape index (κ1) is 8.67. The molecule has 0 aliphatic carbocycles. The zero-order chi connectivity index (χ0) is 9.26. The standard InChI is InChI=1S/C6H7N5S2/c1-3(7)5-9-10-6(13-5)4-2-12-11-8-4/h2-3H,7H2,1H3. The zero-order valence-corrected chi connectivity index (χ0v) is 8.47. The van der Waals surface area contributed by atoms with E-state index in [1.165, 1.54) is 22.9 Å². The minimum atomic E-state index is -0.0714. The molecular formula is C6H7N5S2. The van der Waals surface area contributed by atoms with Crippen LogP contribution < -0.4 is 5.73 Å². The van der Waals surface area contributed by atoms with E-state index in [-0.39, 0.29) is 6.04 Å². The zero-order valence-electron chi connectivity index (χ0n) is 6.84. The van der Waals surface area contributed by atoms with Crippen LogP contribution in [0.4, 0.5) is 0 Å². The molecule has 0 aliphatic heterocycles. The largest absolute Gasteiger partial charge is 0.322 e. The molecule has 5 nitrogen and oxygen atoms in total. The van der Waals surface area contributed by atoms with Gasteiger partial charge in [-0.1, -0.05) is 15.8 Å². The maximum atomic E-state index is 5.65. The van der Waals surface area contributed by atoms with Crippen LogP contribution in [-0.4, -0.2) is 19.8 Å². The van der Waals surface area contributed by atoms with E-state index in [4.69, 9.17) is 5.73 Å². The number of hydrogen-bond acceptors (Lipinski definition) is 7. The molecular weight excluding hydrogens is 206 g/mol. The molecule has 2 heterocycles. The van der Waals surface area contributed by atoms with Gasteiger partial charge in [0.15, 0.2) is 5.01 Å². The van der Waals surface area contributed by atoms with Gasteiger partial charge < -0.3 is 5.73 Å². The molecule has 0 saturated carbocycles. The summed E-state index contributed by atoms with van der Waals surface area (Å²) in [5.74, 6) is 0. The molecule has 0 saturated heterocycles. The summed E-state index contributed by atoms with van der Waals surface area (Å²) in [6.45, 7) is 1.88. The molecule has 2 aromatic heterocycles. The second kappa shape index (κ2) is 3.44. The van der Waals surface area contributed by atoms with Crippen molar-refractivity contribution in [3.8, 4) is 10.7 Å². The summed E-state index contributed by atoms with van der Waals surface area (Å²) in [7, 11) is 0. The van der Waals surface area contributed by atoms with Crippen LogP contribution in [0.3, 0.4) is 0 Å². The van der Waals surface area contributed by atoms with Gasteiger partial charge in [-0.3, -0.25) is 0 Å². The van der Waals surface area contributed by atoms with Gasteiger partial charge in [-0.05, 0) is 18.5 Å². The molecule has 0 fully saturated rings. The Balaban J connectivity index is 2.33. The predicted octanol–water partition coefficient (Wildman–Crippen LogP) is 1.08. The van der Waals surface area contributed by atoms with Crippen molar-refractivity contribution in [3.63, 3.8) is 0 Å². The monoisotopic (exact) mass is 213 g/mol. The van der Waals surface area contributed by atoms with Crippen LogP contribution in [0.25, 0.3) is 10.7 Å². The van der Waals surface area contributed by atoms with Gasteiger partial charge in [0.2, 0.25) is 0 Å². The Kier molecular flexibility index (Phi) is 2.30. The van der Waals surface area contributed by atoms with Crippen molar-refractivity contribution >= 4 is 22.9 Å². The molecule has 2 rings (SSSR count). The van der Waals surface area contributed by atoms with Gasteiger partial charge in [0.1, 0.15) is 10.7 Å². The van der Waals surface area contributed by atoms with Crippen molar-refractivity contribution in [2.24, 2.45) is 5.73 Å². The van der Waals surface area contributed by atoms with E-state index in [1.54, 1.807) is 0 Å². The maximum absolute atomic E-state index is 5.65. The summed E-state index contributed by atoms with van der Waals surface area (Å²) in [5.41, 5.74) is 6.43. The maximum Gasteiger partial charge on any atom is 0.169 e. The fourth-order valence-corrected chi connectivity index (χ4v) is 2.05. The van der Waals surface area contributed by atoms with Gasteiger partial charge in [-0.15, -0.1) is 15.3 Å². The molecule has 2 N–H and O–H groups in total. The Morgan fingerprint density at radius 1 is 1.38 bits per heavy atom. The lowest BCUT2D eigenvalue weighted by molar-refractivity contribution is 0.786. The van der Waals surface area contributed by atoms with Crippen molar-refractivity contribution in [2.75, 3.05) is 0 Å². The SMILES string of the molecule is CC(N)c1nnc(-c2csnn2)s1. The van der Waals surface area contributed by atoms with E-state index in [1.807, 2.05) is 12.3 Å². The normalized spacial score (nSPS) is 13.1. The highest BCUT2D eigenvalue weighted by atomic mass is 32.1. The van der Waals surface area contributed by atoms with Gasteiger partial charge in [0.05, 0.1) is 6.04 Å². The highest BCUT2D eigenvalue weighted by Crippen LogP contribution is 2.24. The first-order valence-electron chi connectivity index (χ1n) is 3.64. The Morgan fingerprint density at radius 2 is 2.23 bits per heavy atom. The number of hydrogen-bond donors (Lipinski definition) is 1. The Hall–Kier alpha value is -0.920. The molecule has 0 spiro atoms. The van der Waals surface area contributed by atoms with Crippen molar-refractivity contribution < 1.29 is 0 Å². The van der Waals surface area contributed by atoms with E-state index in [0.717, 1.165) is 15.7 Å². The molecule has 0 bridgehead atoms. The van der Waals surface area contributed by atoms with Crippen molar-refractivity contribution in [1.82, 2.24) is 19.8 Å². The number of rotatable bonds is 2. The summed E-state index contributed by atoms with van der Waals surface area (Å²) in [5, 5.41) is 15.3. The third-order valence-electron chi connectivity index (χ3n) is 1.41. The van der Waals surface area contributed by atoms with Crippen LogP contribution in [0.5, 0.6) is 0 Å². The summed E-state index contributed by atoms with van der Waals surface area (Å²) in [6, 6.07) is -0.0714. The highest BCUT2D eigenvalue weighted by molar-refractivity contribution is 7.15. The molecule has 13 heavy (non-hydrogen) atoms. The number of nitrogens with two attached hydrogens (primary N) is 1. The minimum absolute atomic E-state index is 0.0714. The van der Waals surface area contributed by atoms with E-state index in [9.17, 15) is 0 Å². The van der Waals surface area contributed by atoms with Crippen LogP contribution >= 0.6 is 22.9 Å². The smallest absolute Gasteiger partial charge is 0.169 e. The quantitative estimate of drug-likeness (QED) is 0.807. The van der Waals surface area contributed by atoms with Crippen LogP contribution in [0.2, 0.25) is 0 Å². The molecule has 0 radical (unpaired) electrons. The minimum Gasteiger partial charge on any atom is -0.322 e. The van der Waals surface area contributed by atoms with E-state index in [2.05, 4.69) is 19.8 Å². The number of aromatic nitrogens is 4. The van der Waals surface area contributed by atoms with Gasteiger partial charge in [-0.2, -0.15) is 0 Å². The summed E-state index contributed by atoms with van der Waals surface area (Å²) in [4.78, 5) is 0. The average Bonchev–Trinajstić information content (AvgIpc) is 2.75. The fraction of sp³-hybridized carbons (Fsp3) is 0.333. The van der Waals surface area contributed by atoms with Gasteiger partial charge in [-0.25, -0.2) is 0 Å². The lowest BCUT2D eigenvalue weighted by atomic mass is 10.4. The fourth-order valence-electron chi connectivity index (χ4n) is 0.780. The topological polar surface area (TPSA) is 77.6 Å². The highest BCUT2D eigenvalue weighted by Gasteiger charge is 2.10. The van der Waals surface area contributed by atoms with Crippen molar-refractivity contribution in [1.29, 1.82) is 0 Å². The third kappa shape index (κ3) is 1.71. The molecule has 7 heteroatoms. The molecule has 1 atom stereocenters. The number of nitrogens with zero attached hydrogens (tertiary/aromatic N) is 4. The van der Waals surface area contributed by atoms with Crippen molar-refractivity contribution in [3.05, 3.63) is 10.4 Å². The second-order valence-corrected chi connectivity index (χ2v) is 4.14. The van der Waals surface area contributed by atoms with Gasteiger partial charge in [0.25, 0.3) is 0 Å². The molecule has 0 aromatic carbocycles. The van der Waals surface area contributed by atoms with E-state index >= 15 is 0 Å². The van der Waals surface area contributed by atoms with E-state index in [0.29, 0.717) is 0 Å².